The topological polar surface area (TPSA) is 54.0 Å². The van der Waals surface area contributed by atoms with Crippen molar-refractivity contribution in [3.05, 3.63) is 0 Å². The zero-order valence-electron chi connectivity index (χ0n) is 28.9. The van der Waals surface area contributed by atoms with Gasteiger partial charge in [-0.3, -0.25) is 4.79 Å². The lowest BCUT2D eigenvalue weighted by atomic mass is 9.44. The van der Waals surface area contributed by atoms with Crippen LogP contribution in [-0.4, -0.2) is 42.3 Å². The molecule has 0 aromatic heterocycles. The lowest BCUT2D eigenvalue weighted by molar-refractivity contribution is -0.200. The molecular weight excluding hydrogens is 536 g/mol. The number of carbonyl (C=O) groups excluding carboxylic acids is 1. The maximum Gasteiger partial charge on any atom is 0.303 e. The number of rotatable bonds is 8. The Morgan fingerprint density at radius 2 is 1.58 bits per heavy atom. The van der Waals surface area contributed by atoms with E-state index in [-0.39, 0.29) is 36.5 Å². The summed E-state index contributed by atoms with van der Waals surface area (Å²) in [5.41, 5.74) is 1.01. The molecule has 6 fully saturated rings. The van der Waals surface area contributed by atoms with Crippen LogP contribution in [0.25, 0.3) is 0 Å². The summed E-state index contributed by atoms with van der Waals surface area (Å²) >= 11 is 0. The van der Waals surface area contributed by atoms with Crippen LogP contribution < -0.4 is 0 Å². The summed E-state index contributed by atoms with van der Waals surface area (Å²) in [6, 6.07) is 0. The van der Waals surface area contributed by atoms with Gasteiger partial charge in [-0.15, -0.1) is 0 Å². The van der Waals surface area contributed by atoms with E-state index in [1.807, 2.05) is 13.8 Å². The van der Waals surface area contributed by atoms with E-state index in [2.05, 4.69) is 34.6 Å². The van der Waals surface area contributed by atoms with Gasteiger partial charge in [-0.1, -0.05) is 53.9 Å². The van der Waals surface area contributed by atoms with E-state index < -0.39 is 5.79 Å². The Morgan fingerprint density at radius 3 is 2.33 bits per heavy atom. The summed E-state index contributed by atoms with van der Waals surface area (Å²) in [5, 5.41) is 0. The van der Waals surface area contributed by atoms with Gasteiger partial charge in [0.1, 0.15) is 6.10 Å². The SMILES string of the molecule is CC(=O)O[C@@H]1[C@H]2OC(C)(C)O[C@H]2CC[C@H]1OC1CC[C@@]2(C)[C@@H](CC[C@@H]3[C@@H]2CC[C@]2(C)[C@@H]([C@H](C)CCCC(C)C)CC[C@@H]32)C1. The van der Waals surface area contributed by atoms with Crippen molar-refractivity contribution in [2.75, 3.05) is 0 Å². The van der Waals surface area contributed by atoms with Crippen molar-refractivity contribution in [2.45, 2.75) is 182 Å². The second-order valence-corrected chi connectivity index (χ2v) is 17.5. The minimum Gasteiger partial charge on any atom is -0.457 e. The number of carbonyl (C=O) groups is 1. The molecule has 1 saturated heterocycles. The van der Waals surface area contributed by atoms with Gasteiger partial charge < -0.3 is 18.9 Å². The summed E-state index contributed by atoms with van der Waals surface area (Å²) in [6.07, 6.45) is 17.7. The number of fused-ring (bicyclic) bond motifs is 6. The van der Waals surface area contributed by atoms with Gasteiger partial charge in [0.05, 0.1) is 18.3 Å². The first-order valence-electron chi connectivity index (χ1n) is 18.5. The molecule has 6 aliphatic rings. The molecule has 0 N–H and O–H groups in total. The quantitative estimate of drug-likeness (QED) is 0.260. The summed E-state index contributed by atoms with van der Waals surface area (Å²) in [6.45, 7) is 18.2. The number of hydrogen-bond acceptors (Lipinski definition) is 5. The molecule has 5 aliphatic carbocycles. The Labute approximate surface area is 263 Å². The van der Waals surface area contributed by atoms with Crippen LogP contribution >= 0.6 is 0 Å². The molecule has 1 heterocycles. The molecule has 246 valence electrons. The van der Waals surface area contributed by atoms with Crippen LogP contribution in [0.3, 0.4) is 0 Å². The van der Waals surface area contributed by atoms with Gasteiger partial charge in [-0.05, 0) is 137 Å². The van der Waals surface area contributed by atoms with Crippen LogP contribution in [0.15, 0.2) is 0 Å². The molecular formula is C38H64O5. The first-order valence-corrected chi connectivity index (χ1v) is 18.5. The van der Waals surface area contributed by atoms with Gasteiger partial charge in [0.25, 0.3) is 0 Å². The van der Waals surface area contributed by atoms with Gasteiger partial charge in [-0.2, -0.15) is 0 Å². The lowest BCUT2D eigenvalue weighted by Gasteiger charge is -2.61. The minimum absolute atomic E-state index is 0.0284. The van der Waals surface area contributed by atoms with Gasteiger partial charge in [0.15, 0.2) is 11.9 Å². The second kappa shape index (κ2) is 12.2. The monoisotopic (exact) mass is 600 g/mol. The summed E-state index contributed by atoms with van der Waals surface area (Å²) in [5.74, 6) is 5.24. The molecule has 0 aromatic rings. The van der Waals surface area contributed by atoms with Crippen LogP contribution in [0, 0.1) is 52.3 Å². The van der Waals surface area contributed by atoms with Gasteiger partial charge >= 0.3 is 5.97 Å². The van der Waals surface area contributed by atoms with Crippen LogP contribution in [0.5, 0.6) is 0 Å². The fraction of sp³-hybridized carbons (Fsp3) is 0.974. The fourth-order valence-electron chi connectivity index (χ4n) is 12.2. The summed E-state index contributed by atoms with van der Waals surface area (Å²) in [7, 11) is 0. The average Bonchev–Trinajstić information content (AvgIpc) is 3.45. The maximum absolute atomic E-state index is 12.1. The zero-order valence-corrected chi connectivity index (χ0v) is 28.9. The van der Waals surface area contributed by atoms with Crippen LogP contribution in [0.4, 0.5) is 0 Å². The van der Waals surface area contributed by atoms with E-state index >= 15 is 0 Å². The molecule has 5 nitrogen and oxygen atoms in total. The molecule has 0 amide bonds. The third kappa shape index (κ3) is 6.11. The number of hydrogen-bond donors (Lipinski definition) is 0. The van der Waals surface area contributed by atoms with E-state index in [1.165, 1.54) is 71.1 Å². The Morgan fingerprint density at radius 1 is 0.837 bits per heavy atom. The van der Waals surface area contributed by atoms with Crippen molar-refractivity contribution in [3.63, 3.8) is 0 Å². The van der Waals surface area contributed by atoms with Crippen LogP contribution in [0.2, 0.25) is 0 Å². The van der Waals surface area contributed by atoms with Crippen LogP contribution in [-0.2, 0) is 23.7 Å². The van der Waals surface area contributed by atoms with E-state index in [4.69, 9.17) is 18.9 Å². The Hall–Kier alpha value is -0.650. The molecule has 0 radical (unpaired) electrons. The Balaban J connectivity index is 1.09. The van der Waals surface area contributed by atoms with Crippen molar-refractivity contribution in [2.24, 2.45) is 52.3 Å². The molecule has 5 heteroatoms. The van der Waals surface area contributed by atoms with Gasteiger partial charge in [-0.25, -0.2) is 0 Å². The molecule has 1 unspecified atom stereocenters. The maximum atomic E-state index is 12.1. The van der Waals surface area contributed by atoms with E-state index in [1.54, 1.807) is 0 Å². The highest BCUT2D eigenvalue weighted by molar-refractivity contribution is 5.66. The van der Waals surface area contributed by atoms with Crippen molar-refractivity contribution < 1.29 is 23.7 Å². The highest BCUT2D eigenvalue weighted by Gasteiger charge is 2.61. The predicted octanol–water partition coefficient (Wildman–Crippen LogP) is 9.11. The van der Waals surface area contributed by atoms with Crippen molar-refractivity contribution >= 4 is 5.97 Å². The molecule has 6 rings (SSSR count). The van der Waals surface area contributed by atoms with E-state index in [0.29, 0.717) is 10.8 Å². The third-order valence-corrected chi connectivity index (χ3v) is 14.1. The van der Waals surface area contributed by atoms with Crippen molar-refractivity contribution in [1.29, 1.82) is 0 Å². The molecule has 5 saturated carbocycles. The molecule has 1 aliphatic heterocycles. The van der Waals surface area contributed by atoms with Gasteiger partial charge in [0, 0.05) is 6.92 Å². The fourth-order valence-corrected chi connectivity index (χ4v) is 12.2. The molecule has 0 bridgehead atoms. The van der Waals surface area contributed by atoms with E-state index in [9.17, 15) is 4.79 Å². The third-order valence-electron chi connectivity index (χ3n) is 14.1. The standard InChI is InChI=1S/C38H64O5/c1-23(2)10-9-11-24(3)29-14-15-30-28-13-12-26-22-27(18-20-37(26,7)31(28)19-21-38(29,30)8)41-32-16-17-33-35(34(32)40-25(4)39)43-36(5,6)42-33/h23-24,26-35H,9-22H2,1-8H3/t24-,26+,27?,28+,29-,30+,31+,32-,33+,34+,35+,37+,38-/m1/s1. The first-order chi connectivity index (χ1) is 20.3. The first kappa shape index (κ1) is 32.3. The molecule has 0 aromatic carbocycles. The smallest absolute Gasteiger partial charge is 0.303 e. The van der Waals surface area contributed by atoms with Crippen LogP contribution in [0.1, 0.15) is 145 Å². The van der Waals surface area contributed by atoms with Crippen molar-refractivity contribution in [1.82, 2.24) is 0 Å². The lowest BCUT2D eigenvalue weighted by Crippen LogP contribution is -2.55. The van der Waals surface area contributed by atoms with Crippen molar-refractivity contribution in [3.8, 4) is 0 Å². The summed E-state index contributed by atoms with van der Waals surface area (Å²) < 4.78 is 25.2. The van der Waals surface area contributed by atoms with Gasteiger partial charge in [0.2, 0.25) is 0 Å². The highest BCUT2D eigenvalue weighted by atomic mass is 16.8. The average molecular weight is 601 g/mol. The number of ether oxygens (including phenoxy) is 4. The Bertz CT molecular complexity index is 993. The molecule has 0 spiro atoms. The largest absolute Gasteiger partial charge is 0.457 e. The zero-order chi connectivity index (χ0) is 30.7. The molecule has 43 heavy (non-hydrogen) atoms. The Kier molecular flexibility index (Phi) is 9.15. The van der Waals surface area contributed by atoms with E-state index in [0.717, 1.165) is 67.1 Å². The number of esters is 1. The minimum atomic E-state index is -0.644. The second-order valence-electron chi connectivity index (χ2n) is 17.5. The molecule has 13 atom stereocenters. The summed E-state index contributed by atoms with van der Waals surface area (Å²) in [4.78, 5) is 12.1. The highest BCUT2D eigenvalue weighted by Crippen LogP contribution is 2.68. The normalized spacial score (nSPS) is 47.7. The predicted molar refractivity (Wildman–Crippen MR) is 170 cm³/mol.